The van der Waals surface area contributed by atoms with E-state index in [4.69, 9.17) is 4.74 Å². The fourth-order valence-electron chi connectivity index (χ4n) is 2.59. The number of halogens is 1. The molecule has 1 aliphatic rings. The Morgan fingerprint density at radius 1 is 1.25 bits per heavy atom. The number of hydrogen-bond acceptors (Lipinski definition) is 5. The molecule has 2 heterocycles. The zero-order valence-electron chi connectivity index (χ0n) is 13.4. The number of ether oxygens (including phenoxy) is 1. The molecule has 124 valence electrons. The Balaban J connectivity index is 1.68. The van der Waals surface area contributed by atoms with Crippen molar-refractivity contribution in [3.05, 3.63) is 53.6 Å². The quantitative estimate of drug-likeness (QED) is 0.624. The highest BCUT2D eigenvalue weighted by Crippen LogP contribution is 2.19. The number of anilines is 1. The fraction of sp³-hybridized carbons (Fsp3) is 0.278. The number of rotatable bonds is 5. The summed E-state index contributed by atoms with van der Waals surface area (Å²) >= 11 is 0. The van der Waals surface area contributed by atoms with Gasteiger partial charge in [0.05, 0.1) is 7.11 Å². The Morgan fingerprint density at radius 3 is 2.58 bits per heavy atom. The molecule has 0 spiro atoms. The second-order valence-electron chi connectivity index (χ2n) is 5.56. The van der Waals surface area contributed by atoms with Crippen LogP contribution in [0.25, 0.3) is 6.08 Å². The monoisotopic (exact) mass is 327 g/mol. The molecule has 0 radical (unpaired) electrons. The van der Waals surface area contributed by atoms with Crippen LogP contribution in [0.4, 0.5) is 10.3 Å². The van der Waals surface area contributed by atoms with Crippen LogP contribution in [0.15, 0.2) is 36.7 Å². The molecule has 1 aromatic carbocycles. The highest BCUT2D eigenvalue weighted by molar-refractivity contribution is 6.06. The molecule has 3 rings (SSSR count). The van der Waals surface area contributed by atoms with Crippen molar-refractivity contribution < 1.29 is 13.9 Å². The van der Waals surface area contributed by atoms with Gasteiger partial charge in [0.2, 0.25) is 5.95 Å². The minimum absolute atomic E-state index is 0.112. The molecule has 0 unspecified atom stereocenters. The van der Waals surface area contributed by atoms with Crippen molar-refractivity contribution in [2.75, 3.05) is 25.1 Å². The first-order valence-electron chi connectivity index (χ1n) is 7.80. The molecule has 1 fully saturated rings. The molecule has 1 saturated heterocycles. The minimum Gasteiger partial charge on any atom is -0.494 e. The highest BCUT2D eigenvalue weighted by Gasteiger charge is 2.14. The summed E-state index contributed by atoms with van der Waals surface area (Å²) < 4.78 is 18.5. The molecular weight excluding hydrogens is 309 g/mol. The SMILES string of the molecule is COc1ccc(C(=O)C=Cc2cnc(N3CCCC3)nc2)cc1F. The number of nitrogens with zero attached hydrogens (tertiary/aromatic N) is 3. The summed E-state index contributed by atoms with van der Waals surface area (Å²) in [5.74, 6) is -0.0233. The molecule has 1 aliphatic heterocycles. The van der Waals surface area contributed by atoms with E-state index in [1.807, 2.05) is 0 Å². The Kier molecular flexibility index (Phi) is 4.84. The van der Waals surface area contributed by atoms with Gasteiger partial charge in [-0.1, -0.05) is 0 Å². The van der Waals surface area contributed by atoms with Gasteiger partial charge in [0.1, 0.15) is 0 Å². The molecule has 0 aliphatic carbocycles. The van der Waals surface area contributed by atoms with Crippen molar-refractivity contribution in [2.45, 2.75) is 12.8 Å². The molecule has 0 N–H and O–H groups in total. The minimum atomic E-state index is -0.560. The lowest BCUT2D eigenvalue weighted by molar-refractivity contribution is 0.104. The second-order valence-corrected chi connectivity index (χ2v) is 5.56. The van der Waals surface area contributed by atoms with Crippen LogP contribution >= 0.6 is 0 Å². The van der Waals surface area contributed by atoms with Gasteiger partial charge < -0.3 is 9.64 Å². The zero-order chi connectivity index (χ0) is 16.9. The number of methoxy groups -OCH3 is 1. The summed E-state index contributed by atoms with van der Waals surface area (Å²) in [5.41, 5.74) is 0.986. The van der Waals surface area contributed by atoms with E-state index in [2.05, 4.69) is 14.9 Å². The average molecular weight is 327 g/mol. The molecule has 5 nitrogen and oxygen atoms in total. The van der Waals surface area contributed by atoms with E-state index in [-0.39, 0.29) is 17.1 Å². The average Bonchev–Trinajstić information content (AvgIpc) is 3.14. The van der Waals surface area contributed by atoms with E-state index in [9.17, 15) is 9.18 Å². The normalized spacial score (nSPS) is 14.3. The molecule has 0 bridgehead atoms. The van der Waals surface area contributed by atoms with Crippen LogP contribution in [0.5, 0.6) is 5.75 Å². The molecular formula is C18H18FN3O2. The maximum absolute atomic E-state index is 13.6. The van der Waals surface area contributed by atoms with Crippen LogP contribution in [0, 0.1) is 5.82 Å². The number of ketones is 1. The van der Waals surface area contributed by atoms with E-state index >= 15 is 0 Å². The van der Waals surface area contributed by atoms with Crippen LogP contribution in [-0.2, 0) is 0 Å². The van der Waals surface area contributed by atoms with E-state index in [0.717, 1.165) is 31.5 Å². The van der Waals surface area contributed by atoms with E-state index in [1.54, 1.807) is 18.5 Å². The molecule has 0 amide bonds. The van der Waals surface area contributed by atoms with Crippen molar-refractivity contribution in [1.82, 2.24) is 9.97 Å². The third-order valence-corrected chi connectivity index (χ3v) is 3.91. The van der Waals surface area contributed by atoms with E-state index in [1.165, 1.54) is 31.4 Å². The lowest BCUT2D eigenvalue weighted by Crippen LogP contribution is -2.20. The maximum Gasteiger partial charge on any atom is 0.225 e. The summed E-state index contributed by atoms with van der Waals surface area (Å²) in [6.07, 6.45) is 8.70. The maximum atomic E-state index is 13.6. The summed E-state index contributed by atoms with van der Waals surface area (Å²) in [6, 6.07) is 4.13. The number of carbonyl (C=O) groups excluding carboxylic acids is 1. The Labute approximate surface area is 139 Å². The first-order chi connectivity index (χ1) is 11.7. The lowest BCUT2D eigenvalue weighted by atomic mass is 10.1. The largest absolute Gasteiger partial charge is 0.494 e. The topological polar surface area (TPSA) is 55.3 Å². The van der Waals surface area contributed by atoms with Crippen molar-refractivity contribution in [2.24, 2.45) is 0 Å². The summed E-state index contributed by atoms with van der Waals surface area (Å²) in [6.45, 7) is 1.97. The van der Waals surface area contributed by atoms with Crippen molar-refractivity contribution >= 4 is 17.8 Å². The molecule has 1 aromatic heterocycles. The summed E-state index contributed by atoms with van der Waals surface area (Å²) in [7, 11) is 1.38. The van der Waals surface area contributed by atoms with Gasteiger partial charge in [-0.2, -0.15) is 0 Å². The van der Waals surface area contributed by atoms with Gasteiger partial charge in [-0.3, -0.25) is 4.79 Å². The van der Waals surface area contributed by atoms with Crippen molar-refractivity contribution in [1.29, 1.82) is 0 Å². The van der Waals surface area contributed by atoms with Gasteiger partial charge in [-0.25, -0.2) is 14.4 Å². The number of hydrogen-bond donors (Lipinski definition) is 0. The smallest absolute Gasteiger partial charge is 0.225 e. The first-order valence-corrected chi connectivity index (χ1v) is 7.80. The predicted octanol–water partition coefficient (Wildman–Crippen LogP) is 3.12. The van der Waals surface area contributed by atoms with Crippen LogP contribution in [0.3, 0.4) is 0 Å². The third kappa shape index (κ3) is 3.59. The van der Waals surface area contributed by atoms with Crippen molar-refractivity contribution in [3.63, 3.8) is 0 Å². The van der Waals surface area contributed by atoms with E-state index < -0.39 is 5.82 Å². The van der Waals surface area contributed by atoms with Crippen LogP contribution in [0.1, 0.15) is 28.8 Å². The van der Waals surface area contributed by atoms with Gasteiger partial charge in [0.25, 0.3) is 0 Å². The van der Waals surface area contributed by atoms with Gasteiger partial charge in [-0.05, 0) is 43.2 Å². The molecule has 24 heavy (non-hydrogen) atoms. The van der Waals surface area contributed by atoms with Crippen molar-refractivity contribution in [3.8, 4) is 5.75 Å². The molecule has 0 atom stereocenters. The Bertz CT molecular complexity index is 753. The van der Waals surface area contributed by atoms with E-state index in [0.29, 0.717) is 5.95 Å². The lowest BCUT2D eigenvalue weighted by Gasteiger charge is -2.14. The number of benzene rings is 1. The fourth-order valence-corrected chi connectivity index (χ4v) is 2.59. The summed E-state index contributed by atoms with van der Waals surface area (Å²) in [4.78, 5) is 22.9. The molecule has 6 heteroatoms. The summed E-state index contributed by atoms with van der Waals surface area (Å²) in [5, 5.41) is 0. The van der Waals surface area contributed by atoms with Gasteiger partial charge >= 0.3 is 0 Å². The predicted molar refractivity (Wildman–Crippen MR) is 89.8 cm³/mol. The highest BCUT2D eigenvalue weighted by atomic mass is 19.1. The van der Waals surface area contributed by atoms with Gasteiger partial charge in [0, 0.05) is 36.6 Å². The van der Waals surface area contributed by atoms with Gasteiger partial charge in [0.15, 0.2) is 17.3 Å². The zero-order valence-corrected chi connectivity index (χ0v) is 13.4. The van der Waals surface area contributed by atoms with Gasteiger partial charge in [-0.15, -0.1) is 0 Å². The third-order valence-electron chi connectivity index (χ3n) is 3.91. The Hall–Kier alpha value is -2.76. The number of carbonyl (C=O) groups is 1. The first kappa shape index (κ1) is 16.1. The van der Waals surface area contributed by atoms with Crippen LogP contribution in [-0.4, -0.2) is 36.0 Å². The standard InChI is InChI=1S/C18H18FN3O2/c1-24-17-7-5-14(10-15(17)19)16(23)6-4-13-11-20-18(21-12-13)22-8-2-3-9-22/h4-7,10-12H,2-3,8-9H2,1H3. The molecule has 2 aromatic rings. The Morgan fingerprint density at radius 2 is 1.96 bits per heavy atom. The number of aromatic nitrogens is 2. The number of allylic oxidation sites excluding steroid dienone is 1. The molecule has 0 saturated carbocycles. The van der Waals surface area contributed by atoms with Crippen LogP contribution in [0.2, 0.25) is 0 Å². The second kappa shape index (κ2) is 7.21. The van der Waals surface area contributed by atoms with Crippen LogP contribution < -0.4 is 9.64 Å².